The monoisotopic (exact) mass is 581 g/mol. The Bertz CT molecular complexity index is 1700. The highest BCUT2D eigenvalue weighted by molar-refractivity contribution is 6.36. The summed E-state index contributed by atoms with van der Waals surface area (Å²) in [7, 11) is 2.11. The van der Waals surface area contributed by atoms with Crippen molar-refractivity contribution in [2.24, 2.45) is 0 Å². The molecule has 0 saturated carbocycles. The van der Waals surface area contributed by atoms with E-state index >= 15 is 0 Å². The van der Waals surface area contributed by atoms with Crippen molar-refractivity contribution in [3.8, 4) is 17.1 Å². The number of carbonyl (C=O) groups is 1. The number of nitrogens with zero attached hydrogens (tertiary/aromatic N) is 7. The summed E-state index contributed by atoms with van der Waals surface area (Å²) in [4.78, 5) is 36.7. The van der Waals surface area contributed by atoms with Crippen LogP contribution < -0.4 is 9.64 Å². The van der Waals surface area contributed by atoms with E-state index in [0.717, 1.165) is 41.3 Å². The number of aromatic nitrogens is 3. The van der Waals surface area contributed by atoms with Crippen molar-refractivity contribution in [3.05, 3.63) is 77.8 Å². The zero-order valence-corrected chi connectivity index (χ0v) is 24.3. The number of rotatable bonds is 7. The van der Waals surface area contributed by atoms with Crippen LogP contribution in [0.4, 0.5) is 5.82 Å². The fourth-order valence-corrected chi connectivity index (χ4v) is 6.31. The third-order valence-corrected chi connectivity index (χ3v) is 8.60. The summed E-state index contributed by atoms with van der Waals surface area (Å²) in [5.74, 6) is 0.468. The largest absolute Gasteiger partial charge is 0.462 e. The van der Waals surface area contributed by atoms with Crippen LogP contribution in [0.5, 0.6) is 6.01 Å². The molecule has 2 atom stereocenters. The van der Waals surface area contributed by atoms with Gasteiger partial charge in [-0.25, -0.2) is 6.57 Å². The molecule has 0 N–H and O–H groups in total. The molecule has 42 heavy (non-hydrogen) atoms. The van der Waals surface area contributed by atoms with Crippen molar-refractivity contribution in [1.29, 1.82) is 0 Å². The number of benzene rings is 2. The van der Waals surface area contributed by atoms with Gasteiger partial charge in [-0.15, -0.1) is 0 Å². The number of piperazine rings is 1. The molecule has 2 saturated heterocycles. The Hall–Kier alpha value is -4.26. The van der Waals surface area contributed by atoms with Crippen LogP contribution in [0, 0.1) is 6.57 Å². The van der Waals surface area contributed by atoms with Gasteiger partial charge in [0.1, 0.15) is 18.2 Å². The third-order valence-electron chi connectivity index (χ3n) is 8.28. The minimum atomic E-state index is -0.291. The lowest BCUT2D eigenvalue weighted by molar-refractivity contribution is -0.128. The lowest BCUT2D eigenvalue weighted by Crippen LogP contribution is -2.56. The quantitative estimate of drug-likeness (QED) is 0.222. The van der Waals surface area contributed by atoms with E-state index in [1.807, 2.05) is 48.7 Å². The number of pyridine rings is 1. The molecular weight excluding hydrogens is 550 g/mol. The molecule has 0 spiro atoms. The van der Waals surface area contributed by atoms with Crippen LogP contribution in [0.25, 0.3) is 37.8 Å². The van der Waals surface area contributed by atoms with Gasteiger partial charge in [-0.1, -0.05) is 48.5 Å². The molecule has 0 radical (unpaired) electrons. The van der Waals surface area contributed by atoms with Crippen LogP contribution in [0.2, 0.25) is 5.02 Å². The van der Waals surface area contributed by atoms with E-state index in [-0.39, 0.29) is 18.5 Å². The van der Waals surface area contributed by atoms with E-state index < -0.39 is 0 Å². The first kappa shape index (κ1) is 27.9. The first-order chi connectivity index (χ1) is 20.5. The Balaban J connectivity index is 1.42. The van der Waals surface area contributed by atoms with Crippen molar-refractivity contribution in [3.63, 3.8) is 0 Å². The van der Waals surface area contributed by atoms with Crippen molar-refractivity contribution >= 4 is 45.1 Å². The zero-order chi connectivity index (χ0) is 29.2. The van der Waals surface area contributed by atoms with Crippen LogP contribution in [0.15, 0.2) is 61.3 Å². The number of hydrogen-bond donors (Lipinski definition) is 0. The van der Waals surface area contributed by atoms with Gasteiger partial charge in [0, 0.05) is 47.8 Å². The topological polar surface area (TPSA) is 79.1 Å². The minimum Gasteiger partial charge on any atom is -0.462 e. The lowest BCUT2D eigenvalue weighted by atomic mass is 9.99. The zero-order valence-electron chi connectivity index (χ0n) is 23.5. The number of anilines is 1. The predicted molar refractivity (Wildman–Crippen MR) is 166 cm³/mol. The summed E-state index contributed by atoms with van der Waals surface area (Å²) < 4.78 is 6.22. The van der Waals surface area contributed by atoms with Gasteiger partial charge < -0.3 is 24.3 Å². The normalized spacial score (nSPS) is 19.3. The lowest BCUT2D eigenvalue weighted by Gasteiger charge is -2.39. The molecule has 2 aliphatic rings. The summed E-state index contributed by atoms with van der Waals surface area (Å²) in [5.41, 5.74) is 3.15. The van der Waals surface area contributed by atoms with Crippen molar-refractivity contribution in [2.75, 3.05) is 51.3 Å². The number of hydrogen-bond acceptors (Lipinski definition) is 7. The highest BCUT2D eigenvalue weighted by Gasteiger charge is 2.33. The van der Waals surface area contributed by atoms with Gasteiger partial charge >= 0.3 is 6.01 Å². The van der Waals surface area contributed by atoms with Crippen LogP contribution in [-0.4, -0.2) is 89.1 Å². The number of halogens is 1. The van der Waals surface area contributed by atoms with Gasteiger partial charge in [0.05, 0.1) is 5.52 Å². The maximum absolute atomic E-state index is 12.5. The maximum Gasteiger partial charge on any atom is 0.319 e. The van der Waals surface area contributed by atoms with E-state index in [1.165, 1.54) is 6.08 Å². The fraction of sp³-hybridized carbons (Fsp3) is 0.344. The number of likely N-dealkylation sites (N-methyl/N-ethyl adjacent to an activating group) is 1. The summed E-state index contributed by atoms with van der Waals surface area (Å²) in [6.07, 6.45) is 5.35. The molecule has 10 heteroatoms. The van der Waals surface area contributed by atoms with Crippen LogP contribution in [0.3, 0.4) is 0 Å². The smallest absolute Gasteiger partial charge is 0.319 e. The van der Waals surface area contributed by atoms with Gasteiger partial charge in [-0.2, -0.15) is 9.97 Å². The number of amides is 1. The summed E-state index contributed by atoms with van der Waals surface area (Å²) in [6, 6.07) is 14.3. The Morgan fingerprint density at radius 1 is 1.19 bits per heavy atom. The third kappa shape index (κ3) is 5.36. The SMILES string of the molecule is [C-]#[N+]C[C@H]1CN(c2nc(OC[C@@H]3CCCN3C)nc3cc(-c4cccc5cccc(Cl)c45)cnc23)CCN1C(=O)C=C. The molecule has 6 rings (SSSR count). The van der Waals surface area contributed by atoms with E-state index in [4.69, 9.17) is 37.9 Å². The van der Waals surface area contributed by atoms with Gasteiger partial charge in [0.2, 0.25) is 12.5 Å². The number of likely N-dealkylation sites (tertiary alicyclic amines) is 1. The predicted octanol–water partition coefficient (Wildman–Crippen LogP) is 5.09. The Kier molecular flexibility index (Phi) is 7.92. The van der Waals surface area contributed by atoms with Crippen LogP contribution >= 0.6 is 11.6 Å². The van der Waals surface area contributed by atoms with Crippen molar-refractivity contribution in [1.82, 2.24) is 24.8 Å². The summed E-state index contributed by atoms with van der Waals surface area (Å²) >= 11 is 6.65. The Morgan fingerprint density at radius 3 is 2.79 bits per heavy atom. The molecule has 214 valence electrons. The highest BCUT2D eigenvalue weighted by atomic mass is 35.5. The summed E-state index contributed by atoms with van der Waals surface area (Å²) in [6.45, 7) is 14.3. The molecule has 0 bridgehead atoms. The second-order valence-corrected chi connectivity index (χ2v) is 11.2. The average Bonchev–Trinajstić information content (AvgIpc) is 3.43. The first-order valence-electron chi connectivity index (χ1n) is 14.2. The molecule has 1 amide bonds. The second-order valence-electron chi connectivity index (χ2n) is 10.8. The van der Waals surface area contributed by atoms with Gasteiger partial charge in [0.15, 0.2) is 5.82 Å². The molecule has 4 heterocycles. The minimum absolute atomic E-state index is 0.169. The van der Waals surface area contributed by atoms with Gasteiger partial charge in [0.25, 0.3) is 0 Å². The molecular formula is C32H32ClN7O2. The fourth-order valence-electron chi connectivity index (χ4n) is 6.03. The van der Waals surface area contributed by atoms with E-state index in [0.29, 0.717) is 60.2 Å². The van der Waals surface area contributed by atoms with E-state index in [1.54, 1.807) is 4.90 Å². The Labute approximate surface area is 250 Å². The average molecular weight is 582 g/mol. The van der Waals surface area contributed by atoms with Gasteiger partial charge in [-0.05, 0) is 55.6 Å². The molecule has 2 aromatic carbocycles. The maximum atomic E-state index is 12.5. The van der Waals surface area contributed by atoms with Gasteiger partial charge in [-0.3, -0.25) is 9.78 Å². The highest BCUT2D eigenvalue weighted by Crippen LogP contribution is 2.36. The summed E-state index contributed by atoms with van der Waals surface area (Å²) in [5, 5.41) is 2.68. The molecule has 0 aliphatic carbocycles. The molecule has 2 aliphatic heterocycles. The molecule has 0 unspecified atom stereocenters. The molecule has 2 aromatic heterocycles. The molecule has 9 nitrogen and oxygen atoms in total. The van der Waals surface area contributed by atoms with Crippen LogP contribution in [0.1, 0.15) is 12.8 Å². The number of fused-ring (bicyclic) bond motifs is 2. The standard InChI is InChI=1S/C32H32ClN7O2/c1-4-28(41)40-15-14-39(19-24(40)18-34-2)31-30-27(36-32(37-31)42-20-23-10-7-13-38(23)3)16-22(17-35-30)25-11-5-8-21-9-6-12-26(33)29(21)25/h4-6,8-9,11-12,16-17,23-24H,1,7,10,13-15,18-20H2,3H3/t23-,24-/m0/s1. The Morgan fingerprint density at radius 2 is 2.02 bits per heavy atom. The van der Waals surface area contributed by atoms with E-state index in [2.05, 4.69) is 28.3 Å². The van der Waals surface area contributed by atoms with E-state index in [9.17, 15) is 4.79 Å². The second kappa shape index (κ2) is 11.9. The first-order valence-corrected chi connectivity index (χ1v) is 14.5. The molecule has 4 aromatic rings. The molecule has 2 fully saturated rings. The van der Waals surface area contributed by atoms with Crippen molar-refractivity contribution in [2.45, 2.75) is 24.9 Å². The van der Waals surface area contributed by atoms with Crippen molar-refractivity contribution < 1.29 is 9.53 Å². The number of carbonyl (C=O) groups excluding carboxylic acids is 1. The number of ether oxygens (including phenoxy) is 1. The van der Waals surface area contributed by atoms with Crippen LogP contribution in [-0.2, 0) is 4.79 Å².